The van der Waals surface area contributed by atoms with Crippen LogP contribution in [0.5, 0.6) is 0 Å². The molecule has 0 radical (unpaired) electrons. The van der Waals surface area contributed by atoms with E-state index in [-0.39, 0.29) is 11.9 Å². The quantitative estimate of drug-likeness (QED) is 0.759. The van der Waals surface area contributed by atoms with Gasteiger partial charge in [0.05, 0.1) is 16.0 Å². The number of aromatic nitrogens is 1. The van der Waals surface area contributed by atoms with Gasteiger partial charge in [-0.15, -0.1) is 0 Å². The van der Waals surface area contributed by atoms with Crippen molar-refractivity contribution in [1.82, 2.24) is 10.3 Å². The largest absolute Gasteiger partial charge is 0.309 e. The summed E-state index contributed by atoms with van der Waals surface area (Å²) in [7, 11) is 1.86. The van der Waals surface area contributed by atoms with E-state index < -0.39 is 0 Å². The van der Waals surface area contributed by atoms with Crippen LogP contribution in [-0.4, -0.2) is 12.0 Å². The van der Waals surface area contributed by atoms with Gasteiger partial charge < -0.3 is 5.32 Å². The lowest BCUT2D eigenvalue weighted by molar-refractivity contribution is 0.610. The number of nitrogens with zero attached hydrogens (tertiary/aromatic N) is 1. The summed E-state index contributed by atoms with van der Waals surface area (Å²) < 4.78 is 14.2. The molecule has 0 aliphatic heterocycles. The fourth-order valence-electron chi connectivity index (χ4n) is 2.46. The van der Waals surface area contributed by atoms with E-state index in [2.05, 4.69) is 32.3 Å². The average Bonchev–Trinajstić information content (AvgIpc) is 2.51. The lowest BCUT2D eigenvalue weighted by Crippen LogP contribution is -2.18. The van der Waals surface area contributed by atoms with Crippen LogP contribution in [0.4, 0.5) is 4.39 Å². The first-order valence-electron chi connectivity index (χ1n) is 6.66. The lowest BCUT2D eigenvalue weighted by atomic mass is 9.99. The van der Waals surface area contributed by atoms with Crippen molar-refractivity contribution in [2.45, 2.75) is 6.04 Å². The lowest BCUT2D eigenvalue weighted by Gasteiger charge is -2.17. The summed E-state index contributed by atoms with van der Waals surface area (Å²) in [5.74, 6) is -0.263. The maximum atomic E-state index is 13.8. The second kappa shape index (κ2) is 5.92. The maximum absolute atomic E-state index is 13.8. The van der Waals surface area contributed by atoms with Crippen LogP contribution in [0.3, 0.4) is 0 Å². The molecule has 2 nitrogen and oxygen atoms in total. The molecule has 106 valence electrons. The summed E-state index contributed by atoms with van der Waals surface area (Å²) in [4.78, 5) is 4.47. The van der Waals surface area contributed by atoms with E-state index >= 15 is 0 Å². The van der Waals surface area contributed by atoms with Gasteiger partial charge in [-0.1, -0.05) is 24.3 Å². The molecule has 1 heterocycles. The molecule has 3 rings (SSSR count). The zero-order chi connectivity index (χ0) is 14.8. The van der Waals surface area contributed by atoms with E-state index in [1.165, 1.54) is 0 Å². The van der Waals surface area contributed by atoms with Crippen LogP contribution in [-0.2, 0) is 0 Å². The van der Waals surface area contributed by atoms with Gasteiger partial charge >= 0.3 is 0 Å². The molecular weight excluding hydrogens is 331 g/mol. The van der Waals surface area contributed by atoms with Crippen LogP contribution in [0.2, 0.25) is 0 Å². The Morgan fingerprint density at radius 2 is 1.90 bits per heavy atom. The highest BCUT2D eigenvalue weighted by Gasteiger charge is 2.14. The highest BCUT2D eigenvalue weighted by molar-refractivity contribution is 9.10. The van der Waals surface area contributed by atoms with Crippen LogP contribution in [0.15, 0.2) is 59.2 Å². The Balaban J connectivity index is 2.06. The predicted molar refractivity (Wildman–Crippen MR) is 86.7 cm³/mol. The van der Waals surface area contributed by atoms with Gasteiger partial charge in [0.25, 0.3) is 0 Å². The number of hydrogen-bond donors (Lipinski definition) is 1. The minimum Gasteiger partial charge on any atom is -0.309 e. The van der Waals surface area contributed by atoms with Crippen molar-refractivity contribution < 1.29 is 4.39 Å². The SMILES string of the molecule is CNC(c1ccc(Br)c(F)c1)c1cnc2ccccc2c1. The fraction of sp³-hybridized carbons (Fsp3) is 0.118. The third-order valence-corrected chi connectivity index (χ3v) is 4.15. The molecule has 0 fully saturated rings. The van der Waals surface area contributed by atoms with Crippen molar-refractivity contribution in [2.75, 3.05) is 7.05 Å². The van der Waals surface area contributed by atoms with Crippen molar-refractivity contribution >= 4 is 26.8 Å². The molecule has 0 amide bonds. The summed E-state index contributed by atoms with van der Waals surface area (Å²) in [5, 5.41) is 4.30. The second-order valence-corrected chi connectivity index (χ2v) is 5.71. The first-order valence-corrected chi connectivity index (χ1v) is 7.45. The Morgan fingerprint density at radius 3 is 2.67 bits per heavy atom. The monoisotopic (exact) mass is 344 g/mol. The van der Waals surface area contributed by atoms with Gasteiger partial charge in [-0.25, -0.2) is 4.39 Å². The van der Waals surface area contributed by atoms with Gasteiger partial charge in [0, 0.05) is 11.6 Å². The standard InChI is InChI=1S/C17H14BrFN2/c1-20-17(12-6-7-14(18)15(19)9-12)13-8-11-4-2-3-5-16(11)21-10-13/h2-10,17,20H,1H3. The molecule has 1 atom stereocenters. The highest BCUT2D eigenvalue weighted by Crippen LogP contribution is 2.26. The van der Waals surface area contributed by atoms with Gasteiger partial charge in [0.15, 0.2) is 0 Å². The summed E-state index contributed by atoms with van der Waals surface area (Å²) in [6, 6.07) is 15.1. The van der Waals surface area contributed by atoms with Crippen LogP contribution >= 0.6 is 15.9 Å². The summed E-state index contributed by atoms with van der Waals surface area (Å²) in [6.07, 6.45) is 1.84. The zero-order valence-electron chi connectivity index (χ0n) is 11.5. The average molecular weight is 345 g/mol. The smallest absolute Gasteiger partial charge is 0.137 e. The van der Waals surface area contributed by atoms with Gasteiger partial charge in [0.1, 0.15) is 5.82 Å². The molecule has 4 heteroatoms. The minimum atomic E-state index is -0.263. The molecule has 3 aromatic rings. The number of benzene rings is 2. The number of halogens is 2. The first-order chi connectivity index (χ1) is 10.2. The zero-order valence-corrected chi connectivity index (χ0v) is 13.1. The second-order valence-electron chi connectivity index (χ2n) is 4.86. The molecule has 0 bridgehead atoms. The number of rotatable bonds is 3. The van der Waals surface area contributed by atoms with E-state index in [1.54, 1.807) is 12.1 Å². The van der Waals surface area contributed by atoms with E-state index in [0.29, 0.717) is 4.47 Å². The number of fused-ring (bicyclic) bond motifs is 1. The van der Waals surface area contributed by atoms with E-state index in [9.17, 15) is 4.39 Å². The Bertz CT molecular complexity index is 789. The van der Waals surface area contributed by atoms with Crippen molar-refractivity contribution in [3.8, 4) is 0 Å². The molecule has 0 saturated heterocycles. The summed E-state index contributed by atoms with van der Waals surface area (Å²) in [6.45, 7) is 0. The molecule has 0 spiro atoms. The number of pyridine rings is 1. The summed E-state index contributed by atoms with van der Waals surface area (Å²) >= 11 is 3.18. The van der Waals surface area contributed by atoms with E-state index in [4.69, 9.17) is 0 Å². The Kier molecular flexibility index (Phi) is 3.99. The molecule has 1 aromatic heterocycles. The molecule has 21 heavy (non-hydrogen) atoms. The minimum absolute atomic E-state index is 0.0929. The van der Waals surface area contributed by atoms with Crippen molar-refractivity contribution in [3.05, 3.63) is 76.1 Å². The van der Waals surface area contributed by atoms with Crippen LogP contribution < -0.4 is 5.32 Å². The molecule has 1 unspecified atom stereocenters. The first kappa shape index (κ1) is 14.2. The molecule has 0 saturated carbocycles. The predicted octanol–water partition coefficient (Wildman–Crippen LogP) is 4.45. The third kappa shape index (κ3) is 2.82. The summed E-state index contributed by atoms with van der Waals surface area (Å²) in [5.41, 5.74) is 2.84. The van der Waals surface area contributed by atoms with Crippen molar-refractivity contribution in [2.24, 2.45) is 0 Å². The fourth-order valence-corrected chi connectivity index (χ4v) is 2.71. The van der Waals surface area contributed by atoms with Gasteiger partial charge in [0.2, 0.25) is 0 Å². The number of nitrogens with one attached hydrogen (secondary N) is 1. The molecule has 2 aromatic carbocycles. The topological polar surface area (TPSA) is 24.9 Å². The Labute approximate surface area is 131 Å². The number of para-hydroxylation sites is 1. The van der Waals surface area contributed by atoms with Crippen molar-refractivity contribution in [1.29, 1.82) is 0 Å². The van der Waals surface area contributed by atoms with Crippen LogP contribution in [0, 0.1) is 5.82 Å². The normalized spacial score (nSPS) is 12.5. The van der Waals surface area contributed by atoms with Gasteiger partial charge in [-0.2, -0.15) is 0 Å². The molecule has 1 N–H and O–H groups in total. The van der Waals surface area contributed by atoms with Crippen LogP contribution in [0.1, 0.15) is 17.2 Å². The van der Waals surface area contributed by atoms with Gasteiger partial charge in [-0.3, -0.25) is 4.98 Å². The molecule has 0 aliphatic rings. The molecule has 0 aliphatic carbocycles. The third-order valence-electron chi connectivity index (χ3n) is 3.51. The van der Waals surface area contributed by atoms with E-state index in [0.717, 1.165) is 22.0 Å². The van der Waals surface area contributed by atoms with Gasteiger partial charge in [-0.05, 0) is 58.4 Å². The Morgan fingerprint density at radius 1 is 1.10 bits per heavy atom. The highest BCUT2D eigenvalue weighted by atomic mass is 79.9. The molecular formula is C17H14BrFN2. The Hall–Kier alpha value is -1.78. The van der Waals surface area contributed by atoms with Crippen LogP contribution in [0.25, 0.3) is 10.9 Å². The number of hydrogen-bond acceptors (Lipinski definition) is 2. The van der Waals surface area contributed by atoms with E-state index in [1.807, 2.05) is 43.6 Å². The van der Waals surface area contributed by atoms with Crippen molar-refractivity contribution in [3.63, 3.8) is 0 Å². The maximum Gasteiger partial charge on any atom is 0.137 e.